The summed E-state index contributed by atoms with van der Waals surface area (Å²) in [4.78, 5) is 28.0. The molecule has 2 N–H and O–H groups in total. The van der Waals surface area contributed by atoms with Gasteiger partial charge in [-0.2, -0.15) is 5.10 Å². The van der Waals surface area contributed by atoms with Crippen molar-refractivity contribution >= 4 is 11.8 Å². The molecule has 122 valence electrons. The van der Waals surface area contributed by atoms with E-state index in [4.69, 9.17) is 0 Å². The SMILES string of the molecule is CCCn1ncnc1[C@@H](C)NC(=O)CNC(=O)c1ccccc1. The zero-order valence-corrected chi connectivity index (χ0v) is 13.3. The third kappa shape index (κ3) is 4.64. The van der Waals surface area contributed by atoms with Crippen LogP contribution in [0, 0.1) is 0 Å². The first-order valence-electron chi connectivity index (χ1n) is 7.62. The Morgan fingerprint density at radius 2 is 2.00 bits per heavy atom. The highest BCUT2D eigenvalue weighted by atomic mass is 16.2. The second-order valence-electron chi connectivity index (χ2n) is 5.18. The van der Waals surface area contributed by atoms with Crippen molar-refractivity contribution in [3.8, 4) is 0 Å². The molecule has 23 heavy (non-hydrogen) atoms. The predicted octanol–water partition coefficient (Wildman–Crippen LogP) is 1.30. The van der Waals surface area contributed by atoms with E-state index < -0.39 is 0 Å². The van der Waals surface area contributed by atoms with Gasteiger partial charge in [0.05, 0.1) is 12.6 Å². The summed E-state index contributed by atoms with van der Waals surface area (Å²) in [6, 6.07) is 8.50. The molecule has 0 saturated carbocycles. The molecular formula is C16H21N5O2. The summed E-state index contributed by atoms with van der Waals surface area (Å²) in [6.07, 6.45) is 2.41. The van der Waals surface area contributed by atoms with Gasteiger partial charge >= 0.3 is 0 Å². The number of hydrogen-bond acceptors (Lipinski definition) is 4. The Kier molecular flexibility index (Phi) is 5.85. The standard InChI is InChI=1S/C16H21N5O2/c1-3-9-21-15(18-11-19-21)12(2)20-14(22)10-17-16(23)13-7-5-4-6-8-13/h4-8,11-12H,3,9-10H2,1-2H3,(H,17,23)(H,20,22)/t12-/m1/s1. The van der Waals surface area contributed by atoms with E-state index in [1.807, 2.05) is 19.9 Å². The van der Waals surface area contributed by atoms with Crippen LogP contribution in [0.2, 0.25) is 0 Å². The molecule has 2 rings (SSSR count). The van der Waals surface area contributed by atoms with Crippen LogP contribution in [0.3, 0.4) is 0 Å². The Hall–Kier alpha value is -2.70. The molecule has 1 aromatic carbocycles. The first kappa shape index (κ1) is 16.7. The van der Waals surface area contributed by atoms with Crippen molar-refractivity contribution < 1.29 is 9.59 Å². The Balaban J connectivity index is 1.84. The third-order valence-corrected chi connectivity index (χ3v) is 3.29. The average molecular weight is 315 g/mol. The molecule has 0 saturated heterocycles. The van der Waals surface area contributed by atoms with Gasteiger partial charge in [-0.15, -0.1) is 0 Å². The largest absolute Gasteiger partial charge is 0.345 e. The number of amides is 2. The Morgan fingerprint density at radius 3 is 2.70 bits per heavy atom. The van der Waals surface area contributed by atoms with E-state index in [1.54, 1.807) is 28.9 Å². The van der Waals surface area contributed by atoms with Crippen molar-refractivity contribution in [3.05, 3.63) is 48.0 Å². The minimum absolute atomic E-state index is 0.0834. The molecule has 2 amide bonds. The van der Waals surface area contributed by atoms with Crippen molar-refractivity contribution in [3.63, 3.8) is 0 Å². The molecule has 0 aliphatic rings. The summed E-state index contributed by atoms with van der Waals surface area (Å²) in [5.74, 6) is 0.157. The molecule has 0 spiro atoms. The highest BCUT2D eigenvalue weighted by Gasteiger charge is 2.16. The molecule has 1 aromatic heterocycles. The van der Waals surface area contributed by atoms with Gasteiger partial charge in [0, 0.05) is 12.1 Å². The molecule has 0 fully saturated rings. The summed E-state index contributed by atoms with van der Waals surface area (Å²) in [6.45, 7) is 4.56. The van der Waals surface area contributed by atoms with Crippen LogP contribution in [-0.4, -0.2) is 33.1 Å². The maximum absolute atomic E-state index is 12.0. The molecule has 0 bridgehead atoms. The van der Waals surface area contributed by atoms with Crippen molar-refractivity contribution in [2.75, 3.05) is 6.54 Å². The minimum Gasteiger partial charge on any atom is -0.345 e. The van der Waals surface area contributed by atoms with E-state index in [9.17, 15) is 9.59 Å². The molecule has 0 radical (unpaired) electrons. The summed E-state index contributed by atoms with van der Waals surface area (Å²) in [5.41, 5.74) is 0.524. The van der Waals surface area contributed by atoms with Gasteiger partial charge in [-0.1, -0.05) is 25.1 Å². The second kappa shape index (κ2) is 8.07. The van der Waals surface area contributed by atoms with Gasteiger partial charge in [0.2, 0.25) is 5.91 Å². The normalized spacial score (nSPS) is 11.7. The summed E-state index contributed by atoms with van der Waals surface area (Å²) >= 11 is 0. The van der Waals surface area contributed by atoms with Gasteiger partial charge in [0.25, 0.3) is 5.91 Å². The van der Waals surface area contributed by atoms with Crippen molar-refractivity contribution in [1.29, 1.82) is 0 Å². The fourth-order valence-corrected chi connectivity index (χ4v) is 2.20. The van der Waals surface area contributed by atoms with Crippen LogP contribution in [0.1, 0.15) is 42.5 Å². The first-order valence-corrected chi connectivity index (χ1v) is 7.62. The monoisotopic (exact) mass is 315 g/mol. The Labute approximate surface area is 135 Å². The van der Waals surface area contributed by atoms with Gasteiger partial charge in [-0.25, -0.2) is 9.67 Å². The number of nitrogens with zero attached hydrogens (tertiary/aromatic N) is 3. The number of rotatable bonds is 7. The summed E-state index contributed by atoms with van der Waals surface area (Å²) in [5, 5.41) is 9.54. The number of carbonyl (C=O) groups excluding carboxylic acids is 2. The average Bonchev–Trinajstić information content (AvgIpc) is 3.02. The van der Waals surface area contributed by atoms with Crippen LogP contribution in [0.15, 0.2) is 36.7 Å². The molecule has 2 aromatic rings. The lowest BCUT2D eigenvalue weighted by Gasteiger charge is -2.14. The summed E-state index contributed by atoms with van der Waals surface area (Å²) < 4.78 is 1.77. The topological polar surface area (TPSA) is 88.9 Å². The smallest absolute Gasteiger partial charge is 0.251 e. The number of aryl methyl sites for hydroxylation is 1. The fraction of sp³-hybridized carbons (Fsp3) is 0.375. The first-order chi connectivity index (χ1) is 11.1. The van der Waals surface area contributed by atoms with Crippen molar-refractivity contribution in [1.82, 2.24) is 25.4 Å². The van der Waals surface area contributed by atoms with Gasteiger partial charge in [0.1, 0.15) is 12.2 Å². The van der Waals surface area contributed by atoms with Crippen LogP contribution in [-0.2, 0) is 11.3 Å². The highest BCUT2D eigenvalue weighted by molar-refractivity contribution is 5.96. The maximum atomic E-state index is 12.0. The van der Waals surface area contributed by atoms with E-state index in [1.165, 1.54) is 6.33 Å². The lowest BCUT2D eigenvalue weighted by atomic mass is 10.2. The highest BCUT2D eigenvalue weighted by Crippen LogP contribution is 2.08. The van der Waals surface area contributed by atoms with Gasteiger partial charge in [-0.05, 0) is 25.5 Å². The fourth-order valence-electron chi connectivity index (χ4n) is 2.20. The second-order valence-corrected chi connectivity index (χ2v) is 5.18. The lowest BCUT2D eigenvalue weighted by molar-refractivity contribution is -0.120. The Bertz CT molecular complexity index is 654. The van der Waals surface area contributed by atoms with Crippen LogP contribution < -0.4 is 10.6 Å². The number of aromatic nitrogens is 3. The minimum atomic E-state index is -0.275. The molecule has 0 aliphatic carbocycles. The maximum Gasteiger partial charge on any atom is 0.251 e. The van der Waals surface area contributed by atoms with E-state index in [0.717, 1.165) is 13.0 Å². The zero-order valence-electron chi connectivity index (χ0n) is 13.3. The summed E-state index contributed by atoms with van der Waals surface area (Å²) in [7, 11) is 0. The van der Waals surface area contributed by atoms with E-state index in [0.29, 0.717) is 11.4 Å². The van der Waals surface area contributed by atoms with E-state index >= 15 is 0 Å². The zero-order chi connectivity index (χ0) is 16.7. The number of hydrogen-bond donors (Lipinski definition) is 2. The molecular weight excluding hydrogens is 294 g/mol. The third-order valence-electron chi connectivity index (χ3n) is 3.29. The number of nitrogens with one attached hydrogen (secondary N) is 2. The van der Waals surface area contributed by atoms with E-state index in [2.05, 4.69) is 20.7 Å². The molecule has 1 heterocycles. The molecule has 7 nitrogen and oxygen atoms in total. The molecule has 0 unspecified atom stereocenters. The van der Waals surface area contributed by atoms with Gasteiger partial charge < -0.3 is 10.6 Å². The van der Waals surface area contributed by atoms with Crippen molar-refractivity contribution in [2.24, 2.45) is 0 Å². The van der Waals surface area contributed by atoms with Gasteiger partial charge in [-0.3, -0.25) is 9.59 Å². The van der Waals surface area contributed by atoms with Crippen LogP contribution >= 0.6 is 0 Å². The molecule has 0 aliphatic heterocycles. The number of benzene rings is 1. The Morgan fingerprint density at radius 1 is 1.26 bits per heavy atom. The predicted molar refractivity (Wildman–Crippen MR) is 85.6 cm³/mol. The quantitative estimate of drug-likeness (QED) is 0.806. The van der Waals surface area contributed by atoms with Crippen LogP contribution in [0.25, 0.3) is 0 Å². The van der Waals surface area contributed by atoms with Crippen LogP contribution in [0.5, 0.6) is 0 Å². The van der Waals surface area contributed by atoms with Crippen LogP contribution in [0.4, 0.5) is 0 Å². The lowest BCUT2D eigenvalue weighted by Crippen LogP contribution is -2.38. The molecule has 1 atom stereocenters. The molecule has 7 heteroatoms. The van der Waals surface area contributed by atoms with Crippen molar-refractivity contribution in [2.45, 2.75) is 32.9 Å². The van der Waals surface area contributed by atoms with E-state index in [-0.39, 0.29) is 24.4 Å². The van der Waals surface area contributed by atoms with Gasteiger partial charge in [0.15, 0.2) is 0 Å². The number of carbonyl (C=O) groups is 2.